The summed E-state index contributed by atoms with van der Waals surface area (Å²) in [5.41, 5.74) is 5.18. The van der Waals surface area contributed by atoms with Gasteiger partial charge < -0.3 is 0 Å². The summed E-state index contributed by atoms with van der Waals surface area (Å²) < 4.78 is 0. The Morgan fingerprint density at radius 2 is 1.84 bits per heavy atom. The Kier molecular flexibility index (Phi) is 5.38. The highest BCUT2D eigenvalue weighted by Gasteiger charge is 2.08. The molecule has 2 N–H and O–H groups in total. The fourth-order valence-corrected chi connectivity index (χ4v) is 2.53. The third-order valence-electron chi connectivity index (χ3n) is 3.35. The number of aromatic nitrogens is 2. The van der Waals surface area contributed by atoms with Crippen molar-refractivity contribution in [3.05, 3.63) is 74.9 Å². The molecule has 1 aromatic heterocycles. The van der Waals surface area contributed by atoms with Crippen molar-refractivity contribution in [3.8, 4) is 11.3 Å². The van der Waals surface area contributed by atoms with E-state index in [1.165, 1.54) is 12.3 Å². The van der Waals surface area contributed by atoms with Crippen molar-refractivity contribution in [2.45, 2.75) is 0 Å². The first kappa shape index (κ1) is 17.5. The molecular weight excluding hydrogens is 383 g/mol. The molecule has 0 saturated carbocycles. The van der Waals surface area contributed by atoms with Gasteiger partial charge in [0.25, 0.3) is 5.91 Å². The van der Waals surface area contributed by atoms with Gasteiger partial charge >= 0.3 is 0 Å². The van der Waals surface area contributed by atoms with E-state index >= 15 is 0 Å². The number of benzene rings is 2. The quantitative estimate of drug-likeness (QED) is 0.494. The third kappa shape index (κ3) is 4.20. The molecule has 0 saturated heterocycles. The number of amides is 1. The molecular formula is C17H11Cl3N4O. The number of nitrogens with zero attached hydrogens (tertiary/aromatic N) is 2. The molecule has 0 unspecified atom stereocenters. The van der Waals surface area contributed by atoms with E-state index in [2.05, 4.69) is 20.7 Å². The fourth-order valence-electron chi connectivity index (χ4n) is 2.10. The molecule has 0 aliphatic rings. The lowest BCUT2D eigenvalue weighted by atomic mass is 10.1. The second-order valence-corrected chi connectivity index (χ2v) is 6.29. The molecule has 3 rings (SSSR count). The zero-order chi connectivity index (χ0) is 17.8. The van der Waals surface area contributed by atoms with Crippen molar-refractivity contribution < 1.29 is 4.79 Å². The molecule has 0 bridgehead atoms. The molecule has 0 radical (unpaired) electrons. The third-order valence-corrected chi connectivity index (χ3v) is 4.34. The summed E-state index contributed by atoms with van der Waals surface area (Å²) in [6, 6.07) is 11.9. The summed E-state index contributed by atoms with van der Waals surface area (Å²) in [5, 5.41) is 12.2. The first-order valence-corrected chi connectivity index (χ1v) is 8.26. The lowest BCUT2D eigenvalue weighted by molar-refractivity contribution is 0.0955. The Morgan fingerprint density at radius 3 is 2.56 bits per heavy atom. The molecule has 25 heavy (non-hydrogen) atoms. The summed E-state index contributed by atoms with van der Waals surface area (Å²) in [4.78, 5) is 12.1. The van der Waals surface area contributed by atoms with E-state index in [1.54, 1.807) is 30.5 Å². The molecule has 1 amide bonds. The number of hydrogen-bond donors (Lipinski definition) is 2. The van der Waals surface area contributed by atoms with Crippen LogP contribution in [0.3, 0.4) is 0 Å². The first-order chi connectivity index (χ1) is 12.0. The van der Waals surface area contributed by atoms with Gasteiger partial charge in [-0.25, -0.2) is 5.43 Å². The van der Waals surface area contributed by atoms with Crippen LogP contribution in [0, 0.1) is 0 Å². The van der Waals surface area contributed by atoms with Crippen LogP contribution in [-0.2, 0) is 0 Å². The van der Waals surface area contributed by atoms with Crippen molar-refractivity contribution in [3.63, 3.8) is 0 Å². The van der Waals surface area contributed by atoms with Crippen LogP contribution in [0.4, 0.5) is 0 Å². The van der Waals surface area contributed by atoms with E-state index in [1.807, 2.05) is 12.1 Å². The van der Waals surface area contributed by atoms with Crippen LogP contribution >= 0.6 is 34.8 Å². The van der Waals surface area contributed by atoms with Crippen molar-refractivity contribution in [2.24, 2.45) is 5.10 Å². The highest BCUT2D eigenvalue weighted by Crippen LogP contribution is 2.23. The predicted molar refractivity (Wildman–Crippen MR) is 101 cm³/mol. The van der Waals surface area contributed by atoms with Crippen LogP contribution in [0.25, 0.3) is 11.3 Å². The average molecular weight is 394 g/mol. The summed E-state index contributed by atoms with van der Waals surface area (Å²) in [7, 11) is 0. The normalized spacial score (nSPS) is 11.0. The topological polar surface area (TPSA) is 70.1 Å². The van der Waals surface area contributed by atoms with E-state index in [0.29, 0.717) is 20.6 Å². The Balaban J connectivity index is 1.73. The standard InChI is InChI=1S/C17H11Cl3N4O/c18-13-4-1-10(2-5-13)16-12(8-21-23-16)9-22-24-17(25)11-3-6-14(19)15(20)7-11/h1-9H,(H,21,23)(H,24,25). The van der Waals surface area contributed by atoms with Gasteiger partial charge in [0.05, 0.1) is 28.2 Å². The molecule has 2 aromatic carbocycles. The monoisotopic (exact) mass is 392 g/mol. The average Bonchev–Trinajstić information content (AvgIpc) is 3.06. The minimum atomic E-state index is -0.397. The summed E-state index contributed by atoms with van der Waals surface area (Å²) in [6.07, 6.45) is 3.11. The predicted octanol–water partition coefficient (Wildman–Crippen LogP) is 4.80. The molecule has 0 fully saturated rings. The summed E-state index contributed by atoms with van der Waals surface area (Å²) in [6.45, 7) is 0. The van der Waals surface area contributed by atoms with Gasteiger partial charge in [-0.15, -0.1) is 0 Å². The minimum Gasteiger partial charge on any atom is -0.277 e. The molecule has 0 aliphatic carbocycles. The second-order valence-electron chi connectivity index (χ2n) is 5.04. The van der Waals surface area contributed by atoms with Crippen molar-refractivity contribution in [1.82, 2.24) is 15.6 Å². The molecule has 5 nitrogen and oxygen atoms in total. The van der Waals surface area contributed by atoms with Crippen LogP contribution < -0.4 is 5.43 Å². The molecule has 0 aliphatic heterocycles. The van der Waals surface area contributed by atoms with Crippen LogP contribution in [0.5, 0.6) is 0 Å². The Morgan fingerprint density at radius 1 is 1.08 bits per heavy atom. The highest BCUT2D eigenvalue weighted by atomic mass is 35.5. The largest absolute Gasteiger partial charge is 0.277 e. The second kappa shape index (κ2) is 7.70. The zero-order valence-electron chi connectivity index (χ0n) is 12.6. The van der Waals surface area contributed by atoms with Crippen LogP contribution in [-0.4, -0.2) is 22.3 Å². The molecule has 0 spiro atoms. The lowest BCUT2D eigenvalue weighted by Crippen LogP contribution is -2.17. The number of hydrogen-bond acceptors (Lipinski definition) is 3. The van der Waals surface area contributed by atoms with E-state index in [0.717, 1.165) is 16.8 Å². The fraction of sp³-hybridized carbons (Fsp3) is 0. The van der Waals surface area contributed by atoms with Gasteiger partial charge in [0.15, 0.2) is 0 Å². The Labute approximate surface area is 158 Å². The number of carbonyl (C=O) groups is 1. The number of halogens is 3. The first-order valence-electron chi connectivity index (χ1n) is 7.12. The number of carbonyl (C=O) groups excluding carboxylic acids is 1. The van der Waals surface area contributed by atoms with Crippen molar-refractivity contribution in [1.29, 1.82) is 0 Å². The number of H-pyrrole nitrogens is 1. The molecule has 0 atom stereocenters. The molecule has 1 heterocycles. The lowest BCUT2D eigenvalue weighted by Gasteiger charge is -2.02. The summed E-state index contributed by atoms with van der Waals surface area (Å²) >= 11 is 17.6. The smallest absolute Gasteiger partial charge is 0.271 e. The number of aromatic amines is 1. The van der Waals surface area contributed by atoms with Crippen molar-refractivity contribution >= 4 is 46.9 Å². The van der Waals surface area contributed by atoms with Gasteiger partial charge in [0, 0.05) is 21.7 Å². The highest BCUT2D eigenvalue weighted by molar-refractivity contribution is 6.42. The molecule has 3 aromatic rings. The number of rotatable bonds is 4. The molecule has 126 valence electrons. The molecule has 8 heteroatoms. The van der Waals surface area contributed by atoms with Crippen LogP contribution in [0.1, 0.15) is 15.9 Å². The zero-order valence-corrected chi connectivity index (χ0v) is 14.9. The van der Waals surface area contributed by atoms with E-state index in [-0.39, 0.29) is 0 Å². The minimum absolute atomic E-state index is 0.304. The van der Waals surface area contributed by atoms with Crippen molar-refractivity contribution in [2.75, 3.05) is 0 Å². The Bertz CT molecular complexity index is 935. The SMILES string of the molecule is O=C(NN=Cc1cn[nH]c1-c1ccc(Cl)cc1)c1ccc(Cl)c(Cl)c1. The van der Waals surface area contributed by atoms with Gasteiger partial charge in [-0.3, -0.25) is 9.89 Å². The maximum atomic E-state index is 12.1. The van der Waals surface area contributed by atoms with Gasteiger partial charge in [0.1, 0.15) is 0 Å². The van der Waals surface area contributed by atoms with E-state index < -0.39 is 5.91 Å². The van der Waals surface area contributed by atoms with Gasteiger partial charge in [-0.05, 0) is 30.3 Å². The maximum absolute atomic E-state index is 12.1. The van der Waals surface area contributed by atoms with Crippen LogP contribution in [0.2, 0.25) is 15.1 Å². The van der Waals surface area contributed by atoms with Gasteiger partial charge in [0.2, 0.25) is 0 Å². The van der Waals surface area contributed by atoms with E-state index in [4.69, 9.17) is 34.8 Å². The maximum Gasteiger partial charge on any atom is 0.271 e. The van der Waals surface area contributed by atoms with Gasteiger partial charge in [-0.2, -0.15) is 10.2 Å². The van der Waals surface area contributed by atoms with E-state index in [9.17, 15) is 4.79 Å². The number of nitrogens with one attached hydrogen (secondary N) is 2. The van der Waals surface area contributed by atoms with Gasteiger partial charge in [-0.1, -0.05) is 46.9 Å². The summed E-state index contributed by atoms with van der Waals surface area (Å²) in [5.74, 6) is -0.397. The Hall–Kier alpha value is -2.34. The number of hydrazone groups is 1. The van der Waals surface area contributed by atoms with Crippen LogP contribution in [0.15, 0.2) is 53.8 Å².